The number of anilines is 3. The zero-order valence-corrected chi connectivity index (χ0v) is 29.3. The van der Waals surface area contributed by atoms with Crippen molar-refractivity contribution in [2.45, 2.75) is 0 Å². The van der Waals surface area contributed by atoms with Gasteiger partial charge < -0.3 is 4.90 Å². The molecule has 1 nitrogen and oxygen atoms in total. The van der Waals surface area contributed by atoms with Crippen LogP contribution in [0.2, 0.25) is 0 Å². The van der Waals surface area contributed by atoms with Crippen molar-refractivity contribution >= 4 is 27.8 Å². The molecular formula is C52H37N. The Labute approximate surface area is 311 Å². The summed E-state index contributed by atoms with van der Waals surface area (Å²) in [5.74, 6) is 0. The second kappa shape index (κ2) is 14.3. The van der Waals surface area contributed by atoms with Gasteiger partial charge in [0, 0.05) is 16.9 Å². The number of para-hydroxylation sites is 2. The molecule has 0 aliphatic carbocycles. The summed E-state index contributed by atoms with van der Waals surface area (Å²) in [4.78, 5) is 2.38. The summed E-state index contributed by atoms with van der Waals surface area (Å²) in [5.41, 5.74) is 15.4. The molecule has 0 fully saturated rings. The maximum Gasteiger partial charge on any atom is 0.0540 e. The van der Waals surface area contributed by atoms with E-state index in [0.29, 0.717) is 0 Å². The minimum atomic E-state index is 1.10. The van der Waals surface area contributed by atoms with Gasteiger partial charge in [0.25, 0.3) is 0 Å². The van der Waals surface area contributed by atoms with Crippen LogP contribution in [-0.2, 0) is 0 Å². The molecule has 0 heterocycles. The predicted molar refractivity (Wildman–Crippen MR) is 226 cm³/mol. The number of fused-ring (bicyclic) bond motifs is 1. The smallest absolute Gasteiger partial charge is 0.0540 e. The van der Waals surface area contributed by atoms with Gasteiger partial charge in [0.15, 0.2) is 0 Å². The Kier molecular flexibility index (Phi) is 8.66. The molecule has 9 aromatic rings. The van der Waals surface area contributed by atoms with E-state index in [4.69, 9.17) is 0 Å². The molecule has 0 spiro atoms. The van der Waals surface area contributed by atoms with Crippen LogP contribution in [0.1, 0.15) is 0 Å². The minimum Gasteiger partial charge on any atom is -0.310 e. The van der Waals surface area contributed by atoms with E-state index in [2.05, 4.69) is 229 Å². The Morgan fingerprint density at radius 2 is 0.642 bits per heavy atom. The number of benzene rings is 9. The van der Waals surface area contributed by atoms with Crippen molar-refractivity contribution < 1.29 is 0 Å². The third-order valence-corrected chi connectivity index (χ3v) is 10.1. The van der Waals surface area contributed by atoms with Crippen molar-refractivity contribution in [1.82, 2.24) is 0 Å². The zero-order chi connectivity index (χ0) is 35.4. The van der Waals surface area contributed by atoms with Crippen molar-refractivity contribution in [1.29, 1.82) is 0 Å². The summed E-state index contributed by atoms with van der Waals surface area (Å²) in [6.07, 6.45) is 0. The van der Waals surface area contributed by atoms with Gasteiger partial charge in [-0.25, -0.2) is 0 Å². The lowest BCUT2D eigenvalue weighted by Gasteiger charge is -2.28. The lowest BCUT2D eigenvalue weighted by atomic mass is 9.88. The van der Waals surface area contributed by atoms with Gasteiger partial charge in [0.05, 0.1) is 5.69 Å². The van der Waals surface area contributed by atoms with E-state index in [1.54, 1.807) is 0 Å². The lowest BCUT2D eigenvalue weighted by molar-refractivity contribution is 1.28. The average molecular weight is 676 g/mol. The van der Waals surface area contributed by atoms with Crippen LogP contribution in [-0.4, -0.2) is 0 Å². The Hall–Kier alpha value is -6.96. The van der Waals surface area contributed by atoms with Gasteiger partial charge in [-0.1, -0.05) is 194 Å². The highest BCUT2D eigenvalue weighted by Gasteiger charge is 2.20. The fourth-order valence-electron chi connectivity index (χ4n) is 7.56. The summed E-state index contributed by atoms with van der Waals surface area (Å²) in [6, 6.07) is 80.7. The Morgan fingerprint density at radius 1 is 0.226 bits per heavy atom. The van der Waals surface area contributed by atoms with Crippen LogP contribution in [0, 0.1) is 0 Å². The largest absolute Gasteiger partial charge is 0.310 e. The normalized spacial score (nSPS) is 11.0. The van der Waals surface area contributed by atoms with Crippen molar-refractivity contribution in [2.75, 3.05) is 4.90 Å². The summed E-state index contributed by atoms with van der Waals surface area (Å²) >= 11 is 0. The maximum atomic E-state index is 2.38. The van der Waals surface area contributed by atoms with Gasteiger partial charge in [-0.3, -0.25) is 0 Å². The third kappa shape index (κ3) is 6.30. The topological polar surface area (TPSA) is 3.24 Å². The number of hydrogen-bond acceptors (Lipinski definition) is 1. The zero-order valence-electron chi connectivity index (χ0n) is 29.3. The van der Waals surface area contributed by atoms with Crippen LogP contribution in [0.15, 0.2) is 224 Å². The number of hydrogen-bond donors (Lipinski definition) is 0. The molecule has 9 aromatic carbocycles. The molecule has 9 rings (SSSR count). The Balaban J connectivity index is 1.11. The van der Waals surface area contributed by atoms with Gasteiger partial charge in [-0.05, 0) is 91.2 Å². The molecule has 0 unspecified atom stereocenters. The molecule has 0 aliphatic rings. The summed E-state index contributed by atoms with van der Waals surface area (Å²) in [6.45, 7) is 0. The average Bonchev–Trinajstić information content (AvgIpc) is 3.25. The van der Waals surface area contributed by atoms with E-state index in [9.17, 15) is 0 Å². The lowest BCUT2D eigenvalue weighted by Crippen LogP contribution is -2.11. The van der Waals surface area contributed by atoms with E-state index in [1.165, 1.54) is 66.4 Å². The highest BCUT2D eigenvalue weighted by Crippen LogP contribution is 2.45. The van der Waals surface area contributed by atoms with Crippen LogP contribution in [0.5, 0.6) is 0 Å². The molecule has 1 heteroatoms. The van der Waals surface area contributed by atoms with E-state index >= 15 is 0 Å². The third-order valence-electron chi connectivity index (χ3n) is 10.1. The number of nitrogens with zero attached hydrogens (tertiary/aromatic N) is 1. The van der Waals surface area contributed by atoms with Crippen molar-refractivity contribution in [3.05, 3.63) is 224 Å². The Bertz CT molecular complexity index is 2640. The SMILES string of the molecule is c1ccc(-c2ccccc2-c2ccccc2-c2ccccc2N(c2ccccc2)c2ccc(-c3ccc(-c4cccc5ccccc45)cc3)cc2)cc1. The highest BCUT2D eigenvalue weighted by atomic mass is 15.1. The van der Waals surface area contributed by atoms with Crippen molar-refractivity contribution in [2.24, 2.45) is 0 Å². The molecule has 0 atom stereocenters. The van der Waals surface area contributed by atoms with Crippen molar-refractivity contribution in [3.8, 4) is 55.6 Å². The van der Waals surface area contributed by atoms with Gasteiger partial charge in [-0.2, -0.15) is 0 Å². The van der Waals surface area contributed by atoms with Gasteiger partial charge >= 0.3 is 0 Å². The van der Waals surface area contributed by atoms with Crippen LogP contribution in [0.25, 0.3) is 66.4 Å². The second-order valence-electron chi connectivity index (χ2n) is 13.3. The first kappa shape index (κ1) is 32.0. The fourth-order valence-corrected chi connectivity index (χ4v) is 7.56. The van der Waals surface area contributed by atoms with Crippen LogP contribution >= 0.6 is 0 Å². The maximum absolute atomic E-state index is 2.38. The van der Waals surface area contributed by atoms with Gasteiger partial charge in [-0.15, -0.1) is 0 Å². The van der Waals surface area contributed by atoms with Crippen LogP contribution < -0.4 is 4.90 Å². The van der Waals surface area contributed by atoms with E-state index in [1.807, 2.05) is 0 Å². The van der Waals surface area contributed by atoms with E-state index in [0.717, 1.165) is 17.1 Å². The molecule has 250 valence electrons. The summed E-state index contributed by atoms with van der Waals surface area (Å²) < 4.78 is 0. The van der Waals surface area contributed by atoms with Crippen LogP contribution in [0.4, 0.5) is 17.1 Å². The Morgan fingerprint density at radius 3 is 1.34 bits per heavy atom. The van der Waals surface area contributed by atoms with E-state index in [-0.39, 0.29) is 0 Å². The molecule has 0 amide bonds. The highest BCUT2D eigenvalue weighted by molar-refractivity contribution is 5.98. The van der Waals surface area contributed by atoms with E-state index < -0.39 is 0 Å². The molecule has 0 saturated carbocycles. The molecule has 0 saturated heterocycles. The monoisotopic (exact) mass is 675 g/mol. The molecule has 0 aliphatic heterocycles. The second-order valence-corrected chi connectivity index (χ2v) is 13.3. The quantitative estimate of drug-likeness (QED) is 0.155. The molecule has 53 heavy (non-hydrogen) atoms. The number of rotatable bonds is 8. The van der Waals surface area contributed by atoms with Gasteiger partial charge in [0.2, 0.25) is 0 Å². The summed E-state index contributed by atoms with van der Waals surface area (Å²) in [5, 5.41) is 2.53. The molecule has 0 radical (unpaired) electrons. The molecular weight excluding hydrogens is 639 g/mol. The van der Waals surface area contributed by atoms with Crippen LogP contribution in [0.3, 0.4) is 0 Å². The first-order valence-electron chi connectivity index (χ1n) is 18.2. The summed E-state index contributed by atoms with van der Waals surface area (Å²) in [7, 11) is 0. The molecule has 0 N–H and O–H groups in total. The van der Waals surface area contributed by atoms with Crippen molar-refractivity contribution in [3.63, 3.8) is 0 Å². The fraction of sp³-hybridized carbons (Fsp3) is 0. The minimum absolute atomic E-state index is 1.10. The first-order valence-corrected chi connectivity index (χ1v) is 18.2. The standard InChI is InChI=1S/C52H37N/c1-3-16-40(17-4-1)47-23-9-10-24-48(47)49-25-11-12-26-50(49)51-27-13-14-29-52(51)53(43-20-5-2-6-21-43)44-36-34-39(35-37-44)38-30-32-42(33-31-38)46-28-15-19-41-18-7-8-22-45(41)46/h1-37H. The molecule has 0 bridgehead atoms. The predicted octanol–water partition coefficient (Wildman–Crippen LogP) is 14.6. The first-order chi connectivity index (χ1) is 26.3. The van der Waals surface area contributed by atoms with Gasteiger partial charge in [0.1, 0.15) is 0 Å². The molecule has 0 aromatic heterocycles.